The maximum atomic E-state index is 12.2. The number of benzene rings is 2. The third-order valence-corrected chi connectivity index (χ3v) is 4.81. The van der Waals surface area contributed by atoms with Crippen molar-refractivity contribution in [3.8, 4) is 6.07 Å². The van der Waals surface area contributed by atoms with Gasteiger partial charge in [0.25, 0.3) is 0 Å². The number of hydrogen-bond acceptors (Lipinski definition) is 2. The van der Waals surface area contributed by atoms with Crippen LogP contribution >= 0.6 is 0 Å². The van der Waals surface area contributed by atoms with Crippen LogP contribution in [0, 0.1) is 11.3 Å². The van der Waals surface area contributed by atoms with E-state index in [4.69, 9.17) is 5.26 Å². The van der Waals surface area contributed by atoms with E-state index in [1.807, 2.05) is 12.1 Å². The van der Waals surface area contributed by atoms with Gasteiger partial charge in [0, 0.05) is 6.04 Å². The Morgan fingerprint density at radius 3 is 2.29 bits per heavy atom. The van der Waals surface area contributed by atoms with Gasteiger partial charge in [-0.3, -0.25) is 4.79 Å². The van der Waals surface area contributed by atoms with Crippen LogP contribution in [-0.4, -0.2) is 11.9 Å². The molecule has 0 bridgehead atoms. The van der Waals surface area contributed by atoms with Crippen LogP contribution in [0.4, 0.5) is 0 Å². The van der Waals surface area contributed by atoms with Crippen LogP contribution in [-0.2, 0) is 11.2 Å². The fourth-order valence-corrected chi connectivity index (χ4v) is 3.46. The van der Waals surface area contributed by atoms with Gasteiger partial charge in [0.2, 0.25) is 5.91 Å². The highest BCUT2D eigenvalue weighted by atomic mass is 16.1. The van der Waals surface area contributed by atoms with Crippen molar-refractivity contribution in [3.63, 3.8) is 0 Å². The summed E-state index contributed by atoms with van der Waals surface area (Å²) in [6, 6.07) is 20.3. The molecule has 0 saturated heterocycles. The fourth-order valence-electron chi connectivity index (χ4n) is 3.46. The molecule has 24 heavy (non-hydrogen) atoms. The Bertz CT molecular complexity index is 708. The van der Waals surface area contributed by atoms with Crippen LogP contribution in [0.25, 0.3) is 0 Å². The monoisotopic (exact) mass is 318 g/mol. The van der Waals surface area contributed by atoms with Gasteiger partial charge in [-0.2, -0.15) is 5.26 Å². The average molecular weight is 318 g/mol. The molecule has 0 heterocycles. The second-order valence-corrected chi connectivity index (χ2v) is 6.51. The smallest absolute Gasteiger partial charge is 0.224 e. The number of amides is 1. The third kappa shape index (κ3) is 4.23. The number of nitrogens with zero attached hydrogens (tertiary/aromatic N) is 1. The molecule has 1 saturated carbocycles. The molecule has 2 aromatic carbocycles. The SMILES string of the molecule is N#Cc1ccc(CC(=O)NC2CCC(c3ccccc3)CC2)cc1. The van der Waals surface area contributed by atoms with E-state index in [0.717, 1.165) is 31.2 Å². The second-order valence-electron chi connectivity index (χ2n) is 6.51. The highest BCUT2D eigenvalue weighted by Gasteiger charge is 2.23. The summed E-state index contributed by atoms with van der Waals surface area (Å²) >= 11 is 0. The molecule has 3 heteroatoms. The Kier molecular flexibility index (Phi) is 5.28. The zero-order valence-corrected chi connectivity index (χ0v) is 13.7. The molecule has 3 rings (SSSR count). The van der Waals surface area contributed by atoms with Crippen molar-refractivity contribution in [2.75, 3.05) is 0 Å². The molecule has 0 unspecified atom stereocenters. The van der Waals surface area contributed by atoms with Crippen LogP contribution in [0.3, 0.4) is 0 Å². The summed E-state index contributed by atoms with van der Waals surface area (Å²) in [5, 5.41) is 12.0. The van der Waals surface area contributed by atoms with E-state index in [2.05, 4.69) is 41.7 Å². The summed E-state index contributed by atoms with van der Waals surface area (Å²) in [5.74, 6) is 0.695. The Labute approximate surface area is 143 Å². The number of hydrogen-bond donors (Lipinski definition) is 1. The average Bonchev–Trinajstić information content (AvgIpc) is 2.64. The number of carbonyl (C=O) groups excluding carboxylic acids is 1. The van der Waals surface area contributed by atoms with E-state index in [1.165, 1.54) is 5.56 Å². The summed E-state index contributed by atoms with van der Waals surface area (Å²) < 4.78 is 0. The fraction of sp³-hybridized carbons (Fsp3) is 0.333. The molecule has 0 atom stereocenters. The van der Waals surface area contributed by atoms with Crippen LogP contribution in [0.2, 0.25) is 0 Å². The minimum Gasteiger partial charge on any atom is -0.353 e. The highest BCUT2D eigenvalue weighted by Crippen LogP contribution is 2.32. The molecular formula is C21H22N2O. The number of nitrogens with one attached hydrogen (secondary N) is 1. The van der Waals surface area contributed by atoms with E-state index >= 15 is 0 Å². The number of carbonyl (C=O) groups is 1. The van der Waals surface area contributed by atoms with E-state index in [9.17, 15) is 4.79 Å². The van der Waals surface area contributed by atoms with Gasteiger partial charge in [-0.1, -0.05) is 42.5 Å². The number of nitriles is 1. The maximum absolute atomic E-state index is 12.2. The van der Waals surface area contributed by atoms with Gasteiger partial charge in [0.1, 0.15) is 0 Å². The normalized spacial score (nSPS) is 20.1. The van der Waals surface area contributed by atoms with E-state index in [1.54, 1.807) is 12.1 Å². The largest absolute Gasteiger partial charge is 0.353 e. The summed E-state index contributed by atoms with van der Waals surface area (Å²) in [6.07, 6.45) is 4.72. The number of rotatable bonds is 4. The first-order valence-electron chi connectivity index (χ1n) is 8.58. The van der Waals surface area contributed by atoms with Crippen molar-refractivity contribution < 1.29 is 4.79 Å². The lowest BCUT2D eigenvalue weighted by Crippen LogP contribution is -2.38. The molecule has 0 radical (unpaired) electrons. The Hall–Kier alpha value is -2.60. The van der Waals surface area contributed by atoms with Crippen molar-refractivity contribution in [1.82, 2.24) is 5.32 Å². The minimum atomic E-state index is 0.0721. The van der Waals surface area contributed by atoms with Gasteiger partial charge >= 0.3 is 0 Å². The molecular weight excluding hydrogens is 296 g/mol. The quantitative estimate of drug-likeness (QED) is 0.928. The Morgan fingerprint density at radius 2 is 1.67 bits per heavy atom. The zero-order valence-electron chi connectivity index (χ0n) is 13.7. The van der Waals surface area contributed by atoms with Crippen molar-refractivity contribution in [3.05, 3.63) is 71.3 Å². The Balaban J connectivity index is 1.47. The van der Waals surface area contributed by atoms with E-state index < -0.39 is 0 Å². The van der Waals surface area contributed by atoms with Crippen molar-refractivity contribution >= 4 is 5.91 Å². The second kappa shape index (κ2) is 7.79. The molecule has 1 N–H and O–H groups in total. The van der Waals surface area contributed by atoms with Crippen LogP contribution < -0.4 is 5.32 Å². The molecule has 1 aliphatic rings. The third-order valence-electron chi connectivity index (χ3n) is 4.81. The summed E-state index contributed by atoms with van der Waals surface area (Å²) in [5.41, 5.74) is 2.99. The van der Waals surface area contributed by atoms with Gasteiger partial charge in [-0.25, -0.2) is 0 Å². The first-order valence-corrected chi connectivity index (χ1v) is 8.58. The molecule has 0 aliphatic heterocycles. The molecule has 0 spiro atoms. The van der Waals surface area contributed by atoms with Crippen LogP contribution in [0.1, 0.15) is 48.3 Å². The summed E-state index contributed by atoms with van der Waals surface area (Å²) in [6.45, 7) is 0. The van der Waals surface area contributed by atoms with Gasteiger partial charge in [-0.15, -0.1) is 0 Å². The van der Waals surface area contributed by atoms with Crippen LogP contribution in [0.5, 0.6) is 0 Å². The highest BCUT2D eigenvalue weighted by molar-refractivity contribution is 5.78. The van der Waals surface area contributed by atoms with Crippen molar-refractivity contribution in [2.24, 2.45) is 0 Å². The minimum absolute atomic E-state index is 0.0721. The van der Waals surface area contributed by atoms with Crippen LogP contribution in [0.15, 0.2) is 54.6 Å². The molecule has 1 amide bonds. The predicted octanol–water partition coefficient (Wildman–Crippen LogP) is 3.94. The van der Waals surface area contributed by atoms with Gasteiger partial charge in [0.15, 0.2) is 0 Å². The van der Waals surface area contributed by atoms with Gasteiger partial charge < -0.3 is 5.32 Å². The first kappa shape index (κ1) is 16.3. The molecule has 1 aliphatic carbocycles. The van der Waals surface area contributed by atoms with Gasteiger partial charge in [-0.05, 0) is 54.9 Å². The lowest BCUT2D eigenvalue weighted by atomic mass is 9.82. The Morgan fingerprint density at radius 1 is 1.00 bits per heavy atom. The van der Waals surface area contributed by atoms with Crippen molar-refractivity contribution in [2.45, 2.75) is 44.1 Å². The molecule has 1 fully saturated rings. The molecule has 122 valence electrons. The van der Waals surface area contributed by atoms with Gasteiger partial charge in [0.05, 0.1) is 18.1 Å². The lowest BCUT2D eigenvalue weighted by molar-refractivity contribution is -0.121. The zero-order chi connectivity index (χ0) is 16.8. The van der Waals surface area contributed by atoms with E-state index in [0.29, 0.717) is 17.9 Å². The summed E-state index contributed by atoms with van der Waals surface area (Å²) in [4.78, 5) is 12.2. The predicted molar refractivity (Wildman–Crippen MR) is 94.4 cm³/mol. The molecule has 2 aromatic rings. The first-order chi connectivity index (χ1) is 11.7. The maximum Gasteiger partial charge on any atom is 0.224 e. The molecule has 0 aromatic heterocycles. The molecule has 3 nitrogen and oxygen atoms in total. The van der Waals surface area contributed by atoms with Crippen molar-refractivity contribution in [1.29, 1.82) is 5.26 Å². The lowest BCUT2D eigenvalue weighted by Gasteiger charge is -2.29. The summed E-state index contributed by atoms with van der Waals surface area (Å²) in [7, 11) is 0. The van der Waals surface area contributed by atoms with E-state index in [-0.39, 0.29) is 11.9 Å². The standard InChI is InChI=1S/C21H22N2O/c22-15-17-8-6-16(7-9-17)14-21(24)23-20-12-10-19(11-13-20)18-4-2-1-3-5-18/h1-9,19-20H,10-14H2,(H,23,24). The topological polar surface area (TPSA) is 52.9 Å².